The van der Waals surface area contributed by atoms with Crippen molar-refractivity contribution in [3.8, 4) is 0 Å². The number of hydrogen-bond acceptors (Lipinski definition) is 1. The molecule has 2 rings (SSSR count). The summed E-state index contributed by atoms with van der Waals surface area (Å²) in [5, 5.41) is 0. The van der Waals surface area contributed by atoms with Crippen LogP contribution in [0.4, 0.5) is 0 Å². The van der Waals surface area contributed by atoms with Crippen LogP contribution in [0.15, 0.2) is 30.0 Å². The Bertz CT molecular complexity index is 313. The summed E-state index contributed by atoms with van der Waals surface area (Å²) in [6, 6.07) is 8.41. The fraction of sp³-hybridized carbons (Fsp3) is 0.273. The van der Waals surface area contributed by atoms with Gasteiger partial charge in [0.15, 0.2) is 0 Å². The second-order valence-corrected chi connectivity index (χ2v) is 2.92. The minimum absolute atomic E-state index is 0.764. The van der Waals surface area contributed by atoms with Crippen LogP contribution in [0.3, 0.4) is 0 Å². The second kappa shape index (κ2) is 3.02. The SMILES string of the molecule is CCOC1=Cc2ccccc2C1. The van der Waals surface area contributed by atoms with E-state index in [0.29, 0.717) is 0 Å². The lowest BCUT2D eigenvalue weighted by Gasteiger charge is -2.01. The number of rotatable bonds is 2. The lowest BCUT2D eigenvalue weighted by atomic mass is 10.1. The molecule has 0 aliphatic heterocycles. The summed E-state index contributed by atoms with van der Waals surface area (Å²) in [6.07, 6.45) is 3.09. The van der Waals surface area contributed by atoms with Crippen LogP contribution in [0.25, 0.3) is 6.08 Å². The van der Waals surface area contributed by atoms with E-state index >= 15 is 0 Å². The highest BCUT2D eigenvalue weighted by Gasteiger charge is 2.11. The lowest BCUT2D eigenvalue weighted by Crippen LogP contribution is -1.90. The van der Waals surface area contributed by atoms with Crippen LogP contribution in [-0.2, 0) is 11.2 Å². The largest absolute Gasteiger partial charge is 0.498 e. The van der Waals surface area contributed by atoms with Crippen molar-refractivity contribution in [3.63, 3.8) is 0 Å². The van der Waals surface area contributed by atoms with Gasteiger partial charge >= 0.3 is 0 Å². The first-order valence-corrected chi connectivity index (χ1v) is 4.31. The van der Waals surface area contributed by atoms with E-state index in [4.69, 9.17) is 4.74 Å². The van der Waals surface area contributed by atoms with Crippen molar-refractivity contribution in [2.45, 2.75) is 13.3 Å². The van der Waals surface area contributed by atoms with Crippen molar-refractivity contribution >= 4 is 6.08 Å². The summed E-state index contributed by atoms with van der Waals surface area (Å²) >= 11 is 0. The Kier molecular flexibility index (Phi) is 1.86. The van der Waals surface area contributed by atoms with Gasteiger partial charge in [-0.2, -0.15) is 0 Å². The average Bonchev–Trinajstić information content (AvgIpc) is 2.47. The molecule has 0 atom stereocenters. The second-order valence-electron chi connectivity index (χ2n) is 2.92. The minimum atomic E-state index is 0.764. The summed E-state index contributed by atoms with van der Waals surface area (Å²) in [5.74, 6) is 1.10. The quantitative estimate of drug-likeness (QED) is 0.646. The van der Waals surface area contributed by atoms with Crippen LogP contribution in [0, 0.1) is 0 Å². The molecule has 0 saturated carbocycles. The van der Waals surface area contributed by atoms with Gasteiger partial charge in [-0.25, -0.2) is 0 Å². The van der Waals surface area contributed by atoms with E-state index < -0.39 is 0 Å². The topological polar surface area (TPSA) is 9.23 Å². The van der Waals surface area contributed by atoms with E-state index in [1.165, 1.54) is 11.1 Å². The number of ether oxygens (including phenoxy) is 1. The molecule has 0 saturated heterocycles. The van der Waals surface area contributed by atoms with Gasteiger partial charge in [-0.15, -0.1) is 0 Å². The first-order chi connectivity index (χ1) is 5.90. The first kappa shape index (κ1) is 7.41. The van der Waals surface area contributed by atoms with Crippen molar-refractivity contribution in [2.24, 2.45) is 0 Å². The molecule has 0 fully saturated rings. The first-order valence-electron chi connectivity index (χ1n) is 4.31. The highest BCUT2D eigenvalue weighted by Crippen LogP contribution is 2.24. The van der Waals surface area contributed by atoms with Gasteiger partial charge < -0.3 is 4.74 Å². The maximum atomic E-state index is 5.45. The molecule has 1 heteroatoms. The Hall–Kier alpha value is -1.24. The molecule has 0 bridgehead atoms. The minimum Gasteiger partial charge on any atom is -0.498 e. The van der Waals surface area contributed by atoms with Gasteiger partial charge in [0.1, 0.15) is 5.76 Å². The summed E-state index contributed by atoms with van der Waals surface area (Å²) in [6.45, 7) is 2.78. The van der Waals surface area contributed by atoms with Crippen LogP contribution in [-0.4, -0.2) is 6.61 Å². The van der Waals surface area contributed by atoms with Crippen molar-refractivity contribution in [1.29, 1.82) is 0 Å². The molecule has 0 spiro atoms. The molecule has 1 nitrogen and oxygen atoms in total. The van der Waals surface area contributed by atoms with Crippen molar-refractivity contribution in [1.82, 2.24) is 0 Å². The van der Waals surface area contributed by atoms with Gasteiger partial charge in [-0.05, 0) is 24.1 Å². The van der Waals surface area contributed by atoms with E-state index in [0.717, 1.165) is 18.8 Å². The maximum absolute atomic E-state index is 5.45. The Balaban J connectivity index is 2.23. The van der Waals surface area contributed by atoms with Crippen LogP contribution in [0.5, 0.6) is 0 Å². The number of allylic oxidation sites excluding steroid dienone is 1. The Morgan fingerprint density at radius 2 is 2.17 bits per heavy atom. The number of hydrogen-bond donors (Lipinski definition) is 0. The fourth-order valence-electron chi connectivity index (χ4n) is 1.53. The van der Waals surface area contributed by atoms with Gasteiger partial charge in [0.25, 0.3) is 0 Å². The van der Waals surface area contributed by atoms with E-state index in [1.54, 1.807) is 0 Å². The summed E-state index contributed by atoms with van der Waals surface area (Å²) in [5.41, 5.74) is 2.68. The Labute approximate surface area is 72.7 Å². The van der Waals surface area contributed by atoms with Gasteiger partial charge in [0.05, 0.1) is 6.61 Å². The monoisotopic (exact) mass is 160 g/mol. The average molecular weight is 160 g/mol. The van der Waals surface area contributed by atoms with Crippen LogP contribution < -0.4 is 0 Å². The fourth-order valence-corrected chi connectivity index (χ4v) is 1.53. The third kappa shape index (κ3) is 1.22. The Morgan fingerprint density at radius 3 is 2.92 bits per heavy atom. The third-order valence-corrected chi connectivity index (χ3v) is 2.07. The van der Waals surface area contributed by atoms with Crippen molar-refractivity contribution in [3.05, 3.63) is 41.2 Å². The van der Waals surface area contributed by atoms with E-state index in [1.807, 2.05) is 6.92 Å². The van der Waals surface area contributed by atoms with Gasteiger partial charge in [0.2, 0.25) is 0 Å². The predicted octanol–water partition coefficient (Wildman–Crippen LogP) is 2.62. The highest BCUT2D eigenvalue weighted by molar-refractivity contribution is 5.61. The molecule has 0 radical (unpaired) electrons. The van der Waals surface area contributed by atoms with Gasteiger partial charge in [-0.1, -0.05) is 24.3 Å². The van der Waals surface area contributed by atoms with Crippen molar-refractivity contribution in [2.75, 3.05) is 6.61 Å². The molecule has 1 aliphatic carbocycles. The van der Waals surface area contributed by atoms with E-state index in [9.17, 15) is 0 Å². The zero-order valence-electron chi connectivity index (χ0n) is 7.21. The van der Waals surface area contributed by atoms with Crippen molar-refractivity contribution < 1.29 is 4.74 Å². The maximum Gasteiger partial charge on any atom is 0.101 e. The molecule has 0 heterocycles. The van der Waals surface area contributed by atoms with Crippen LogP contribution in [0.1, 0.15) is 18.1 Å². The smallest absolute Gasteiger partial charge is 0.101 e. The summed E-state index contributed by atoms with van der Waals surface area (Å²) in [7, 11) is 0. The zero-order valence-corrected chi connectivity index (χ0v) is 7.21. The van der Waals surface area contributed by atoms with Crippen LogP contribution >= 0.6 is 0 Å². The molecule has 1 aromatic carbocycles. The standard InChI is InChI=1S/C11H12O/c1-2-12-11-7-9-5-3-4-6-10(9)8-11/h3-7H,2,8H2,1H3. The number of fused-ring (bicyclic) bond motifs is 1. The van der Waals surface area contributed by atoms with E-state index in [2.05, 4.69) is 30.3 Å². The molecule has 0 aromatic heterocycles. The molecule has 0 unspecified atom stereocenters. The Morgan fingerprint density at radius 1 is 1.33 bits per heavy atom. The number of benzene rings is 1. The van der Waals surface area contributed by atoms with Gasteiger partial charge in [0, 0.05) is 6.42 Å². The molecular weight excluding hydrogens is 148 g/mol. The normalized spacial score (nSPS) is 13.9. The molecule has 1 aliphatic rings. The highest BCUT2D eigenvalue weighted by atomic mass is 16.5. The molecule has 0 N–H and O–H groups in total. The summed E-state index contributed by atoms with van der Waals surface area (Å²) < 4.78 is 5.45. The molecule has 1 aromatic rings. The molecule has 0 amide bonds. The molecule has 12 heavy (non-hydrogen) atoms. The lowest BCUT2D eigenvalue weighted by molar-refractivity contribution is 0.228. The zero-order chi connectivity index (χ0) is 8.39. The third-order valence-electron chi connectivity index (χ3n) is 2.07. The predicted molar refractivity (Wildman–Crippen MR) is 49.7 cm³/mol. The van der Waals surface area contributed by atoms with E-state index in [-0.39, 0.29) is 0 Å². The molecular formula is C11H12O. The molecule has 62 valence electrons. The van der Waals surface area contributed by atoms with Crippen LogP contribution in [0.2, 0.25) is 0 Å². The van der Waals surface area contributed by atoms with Gasteiger partial charge in [-0.3, -0.25) is 0 Å². The summed E-state index contributed by atoms with van der Waals surface area (Å²) in [4.78, 5) is 0.